The predicted molar refractivity (Wildman–Crippen MR) is 88.0 cm³/mol. The third kappa shape index (κ3) is 4.91. The van der Waals surface area contributed by atoms with Crippen molar-refractivity contribution in [1.29, 1.82) is 0 Å². The highest BCUT2D eigenvalue weighted by atomic mass is 16.4. The Morgan fingerprint density at radius 2 is 1.75 bits per heavy atom. The molecule has 1 aromatic carbocycles. The number of hydrogen-bond acceptors (Lipinski definition) is 4. The highest BCUT2D eigenvalue weighted by Crippen LogP contribution is 2.11. The number of aryl methyl sites for hydroxylation is 1. The molecule has 3 N–H and O–H groups in total. The second-order valence-corrected chi connectivity index (χ2v) is 5.10. The molecule has 2 amide bonds. The lowest BCUT2D eigenvalue weighted by atomic mass is 10.2. The van der Waals surface area contributed by atoms with Gasteiger partial charge in [-0.25, -0.2) is 4.98 Å². The average molecular weight is 327 g/mol. The summed E-state index contributed by atoms with van der Waals surface area (Å²) in [6.07, 6.45) is -0.136. The van der Waals surface area contributed by atoms with Crippen molar-refractivity contribution in [2.75, 3.05) is 11.9 Å². The fourth-order valence-electron chi connectivity index (χ4n) is 1.95. The number of carboxylic acid groups (broad SMARTS) is 1. The normalized spacial score (nSPS) is 10.0. The van der Waals surface area contributed by atoms with Gasteiger partial charge in [-0.15, -0.1) is 0 Å². The molecule has 0 aliphatic carbocycles. The van der Waals surface area contributed by atoms with Gasteiger partial charge >= 0.3 is 5.97 Å². The number of carbonyl (C=O) groups is 3. The van der Waals surface area contributed by atoms with Crippen molar-refractivity contribution in [1.82, 2.24) is 10.3 Å². The maximum absolute atomic E-state index is 12.1. The largest absolute Gasteiger partial charge is 0.481 e. The van der Waals surface area contributed by atoms with Crippen LogP contribution in [0.4, 0.5) is 5.69 Å². The van der Waals surface area contributed by atoms with E-state index >= 15 is 0 Å². The molecular formula is C17H17N3O4. The minimum absolute atomic E-state index is 0.0612. The van der Waals surface area contributed by atoms with Gasteiger partial charge in [0.15, 0.2) is 0 Å². The Kier molecular flexibility index (Phi) is 5.62. The quantitative estimate of drug-likeness (QED) is 0.750. The summed E-state index contributed by atoms with van der Waals surface area (Å²) in [6, 6.07) is 11.5. The molecule has 0 unspecified atom stereocenters. The summed E-state index contributed by atoms with van der Waals surface area (Å²) in [5, 5.41) is 13.7. The number of amides is 2. The van der Waals surface area contributed by atoms with Crippen molar-refractivity contribution in [3.05, 3.63) is 59.4 Å². The first-order valence-corrected chi connectivity index (χ1v) is 7.31. The van der Waals surface area contributed by atoms with Crippen LogP contribution in [0.3, 0.4) is 0 Å². The Morgan fingerprint density at radius 3 is 2.38 bits per heavy atom. The zero-order chi connectivity index (χ0) is 17.5. The van der Waals surface area contributed by atoms with Crippen molar-refractivity contribution in [2.45, 2.75) is 13.3 Å². The molecule has 0 fully saturated rings. The van der Waals surface area contributed by atoms with Crippen LogP contribution in [0.1, 0.15) is 33.0 Å². The van der Waals surface area contributed by atoms with E-state index in [1.807, 2.05) is 0 Å². The minimum atomic E-state index is -0.974. The molecule has 2 aromatic rings. The smallest absolute Gasteiger partial charge is 0.305 e. The van der Waals surface area contributed by atoms with E-state index in [-0.39, 0.29) is 24.8 Å². The Labute approximate surface area is 138 Å². The molecule has 124 valence electrons. The molecule has 0 saturated heterocycles. The van der Waals surface area contributed by atoms with Gasteiger partial charge in [0.2, 0.25) is 0 Å². The second-order valence-electron chi connectivity index (χ2n) is 5.10. The number of pyridine rings is 1. The van der Waals surface area contributed by atoms with Crippen molar-refractivity contribution >= 4 is 23.5 Å². The van der Waals surface area contributed by atoms with E-state index in [9.17, 15) is 14.4 Å². The number of rotatable bonds is 6. The molecule has 24 heavy (non-hydrogen) atoms. The van der Waals surface area contributed by atoms with E-state index in [4.69, 9.17) is 5.11 Å². The Hall–Kier alpha value is -3.22. The molecule has 0 bridgehead atoms. The predicted octanol–water partition coefficient (Wildman–Crippen LogP) is 1.85. The van der Waals surface area contributed by atoms with Crippen LogP contribution < -0.4 is 10.6 Å². The van der Waals surface area contributed by atoms with Gasteiger partial charge in [0.1, 0.15) is 5.69 Å². The van der Waals surface area contributed by atoms with E-state index in [1.165, 1.54) is 0 Å². The van der Waals surface area contributed by atoms with Crippen LogP contribution in [0.5, 0.6) is 0 Å². The molecular weight excluding hydrogens is 310 g/mol. The average Bonchev–Trinajstić information content (AvgIpc) is 2.55. The molecule has 2 rings (SSSR count). The molecule has 1 aromatic heterocycles. The molecule has 0 saturated carbocycles. The Morgan fingerprint density at radius 1 is 1.04 bits per heavy atom. The third-order valence-electron chi connectivity index (χ3n) is 3.15. The number of aliphatic carboxylic acids is 1. The van der Waals surface area contributed by atoms with Crippen LogP contribution in [0, 0.1) is 6.92 Å². The summed E-state index contributed by atoms with van der Waals surface area (Å²) in [4.78, 5) is 38.4. The van der Waals surface area contributed by atoms with Crippen molar-refractivity contribution in [2.24, 2.45) is 0 Å². The fourth-order valence-corrected chi connectivity index (χ4v) is 1.95. The number of carboxylic acids is 1. The van der Waals surface area contributed by atoms with Gasteiger partial charge in [0.25, 0.3) is 11.8 Å². The summed E-state index contributed by atoms with van der Waals surface area (Å²) < 4.78 is 0. The van der Waals surface area contributed by atoms with Crippen LogP contribution in [0.15, 0.2) is 42.5 Å². The highest BCUT2D eigenvalue weighted by molar-refractivity contribution is 6.03. The minimum Gasteiger partial charge on any atom is -0.481 e. The van der Waals surface area contributed by atoms with Crippen LogP contribution in [-0.2, 0) is 4.79 Å². The van der Waals surface area contributed by atoms with Gasteiger partial charge in [0.05, 0.1) is 6.42 Å². The lowest BCUT2D eigenvalue weighted by Crippen LogP contribution is -2.25. The summed E-state index contributed by atoms with van der Waals surface area (Å²) in [6.45, 7) is 1.86. The topological polar surface area (TPSA) is 108 Å². The lowest BCUT2D eigenvalue weighted by Gasteiger charge is -2.07. The van der Waals surface area contributed by atoms with Crippen LogP contribution in [0.25, 0.3) is 0 Å². The standard InChI is InChI=1S/C17H17N3O4/c1-11-3-2-4-14(19-11)17(24)20-13-7-5-12(6-8-13)16(23)18-10-9-15(21)22/h2-8H,9-10H2,1H3,(H,18,23)(H,20,24)(H,21,22). The second kappa shape index (κ2) is 7.87. The molecule has 0 atom stereocenters. The number of benzene rings is 1. The molecule has 1 heterocycles. The van der Waals surface area contributed by atoms with Crippen LogP contribution in [-0.4, -0.2) is 34.4 Å². The third-order valence-corrected chi connectivity index (χ3v) is 3.15. The summed E-state index contributed by atoms with van der Waals surface area (Å²) in [7, 11) is 0. The SMILES string of the molecule is Cc1cccc(C(=O)Nc2ccc(C(=O)NCCC(=O)O)cc2)n1. The monoisotopic (exact) mass is 327 g/mol. The van der Waals surface area contributed by atoms with Gasteiger partial charge in [-0.2, -0.15) is 0 Å². The highest BCUT2D eigenvalue weighted by Gasteiger charge is 2.09. The molecule has 0 spiro atoms. The van der Waals surface area contributed by atoms with Crippen molar-refractivity contribution in [3.63, 3.8) is 0 Å². The van der Waals surface area contributed by atoms with E-state index < -0.39 is 5.97 Å². The Bertz CT molecular complexity index is 757. The molecule has 0 aliphatic heterocycles. The molecule has 7 nitrogen and oxygen atoms in total. The number of nitrogens with one attached hydrogen (secondary N) is 2. The van der Waals surface area contributed by atoms with Crippen molar-refractivity contribution in [3.8, 4) is 0 Å². The first-order valence-electron chi connectivity index (χ1n) is 7.31. The molecule has 0 aliphatic rings. The van der Waals surface area contributed by atoms with Gasteiger partial charge in [-0.3, -0.25) is 14.4 Å². The number of aromatic nitrogens is 1. The fraction of sp³-hybridized carbons (Fsp3) is 0.176. The first kappa shape index (κ1) is 17.1. The van der Waals surface area contributed by atoms with Gasteiger partial charge in [-0.05, 0) is 43.3 Å². The van der Waals surface area contributed by atoms with Crippen molar-refractivity contribution < 1.29 is 19.5 Å². The van der Waals surface area contributed by atoms with E-state index in [0.717, 1.165) is 5.69 Å². The lowest BCUT2D eigenvalue weighted by molar-refractivity contribution is -0.136. The maximum Gasteiger partial charge on any atom is 0.305 e. The van der Waals surface area contributed by atoms with Gasteiger partial charge in [-0.1, -0.05) is 6.07 Å². The van der Waals surface area contributed by atoms with Gasteiger partial charge < -0.3 is 15.7 Å². The number of hydrogen-bond donors (Lipinski definition) is 3. The van der Waals surface area contributed by atoms with Gasteiger partial charge in [0, 0.05) is 23.5 Å². The molecule has 7 heteroatoms. The Balaban J connectivity index is 1.95. The summed E-state index contributed by atoms with van der Waals surface area (Å²) in [5.74, 6) is -1.68. The van der Waals surface area contributed by atoms with E-state index in [1.54, 1.807) is 49.4 Å². The zero-order valence-corrected chi connectivity index (χ0v) is 13.1. The summed E-state index contributed by atoms with van der Waals surface area (Å²) >= 11 is 0. The molecule has 0 radical (unpaired) electrons. The number of anilines is 1. The number of nitrogens with zero attached hydrogens (tertiary/aromatic N) is 1. The zero-order valence-electron chi connectivity index (χ0n) is 13.1. The van der Waals surface area contributed by atoms with E-state index in [0.29, 0.717) is 16.9 Å². The summed E-state index contributed by atoms with van der Waals surface area (Å²) in [5.41, 5.74) is 1.97. The number of carbonyl (C=O) groups excluding carboxylic acids is 2. The van der Waals surface area contributed by atoms with Crippen LogP contribution >= 0.6 is 0 Å². The first-order chi connectivity index (χ1) is 11.5. The maximum atomic E-state index is 12.1. The van der Waals surface area contributed by atoms with E-state index in [2.05, 4.69) is 15.6 Å². The van der Waals surface area contributed by atoms with Crippen LogP contribution in [0.2, 0.25) is 0 Å².